The van der Waals surface area contributed by atoms with Crippen molar-refractivity contribution in [3.05, 3.63) is 72.2 Å². The fourth-order valence-corrected chi connectivity index (χ4v) is 2.32. The van der Waals surface area contributed by atoms with E-state index in [4.69, 9.17) is 4.74 Å². The van der Waals surface area contributed by atoms with Gasteiger partial charge in [0.05, 0.1) is 24.2 Å². The lowest BCUT2D eigenvalue weighted by atomic mass is 10.3. The molecule has 0 fully saturated rings. The van der Waals surface area contributed by atoms with Crippen molar-refractivity contribution in [1.82, 2.24) is 9.97 Å². The SMILES string of the molecule is CC(C)Oc1ccc(NC(=O)c2cnc(Nc3ccc(F)cc3F)cn2)cc1. The van der Waals surface area contributed by atoms with E-state index in [1.54, 1.807) is 24.3 Å². The Labute approximate surface area is 160 Å². The van der Waals surface area contributed by atoms with Crippen LogP contribution in [0.15, 0.2) is 54.9 Å². The number of amides is 1. The van der Waals surface area contributed by atoms with E-state index in [2.05, 4.69) is 20.6 Å². The van der Waals surface area contributed by atoms with Crippen molar-refractivity contribution >= 4 is 23.1 Å². The van der Waals surface area contributed by atoms with Crippen LogP contribution in [0.4, 0.5) is 26.0 Å². The van der Waals surface area contributed by atoms with Crippen LogP contribution in [0, 0.1) is 11.6 Å². The number of carbonyl (C=O) groups is 1. The third-order valence-electron chi connectivity index (χ3n) is 3.56. The molecule has 2 N–H and O–H groups in total. The predicted octanol–water partition coefficient (Wildman–Crippen LogP) is 4.54. The molecule has 8 heteroatoms. The monoisotopic (exact) mass is 384 g/mol. The van der Waals surface area contributed by atoms with Crippen LogP contribution in [0.25, 0.3) is 0 Å². The van der Waals surface area contributed by atoms with E-state index in [1.807, 2.05) is 13.8 Å². The summed E-state index contributed by atoms with van der Waals surface area (Å²) in [5.74, 6) is -0.948. The van der Waals surface area contributed by atoms with Crippen LogP contribution in [-0.4, -0.2) is 22.0 Å². The van der Waals surface area contributed by atoms with Crippen molar-refractivity contribution in [2.75, 3.05) is 10.6 Å². The number of nitrogens with zero attached hydrogens (tertiary/aromatic N) is 2. The largest absolute Gasteiger partial charge is 0.491 e. The fraction of sp³-hybridized carbons (Fsp3) is 0.150. The molecule has 2 aromatic carbocycles. The van der Waals surface area contributed by atoms with E-state index in [-0.39, 0.29) is 23.3 Å². The molecule has 3 rings (SSSR count). The van der Waals surface area contributed by atoms with Crippen LogP contribution in [0.5, 0.6) is 5.75 Å². The molecule has 0 aliphatic rings. The molecule has 1 aromatic heterocycles. The summed E-state index contributed by atoms with van der Waals surface area (Å²) >= 11 is 0. The molecule has 28 heavy (non-hydrogen) atoms. The Morgan fingerprint density at radius 1 is 1.04 bits per heavy atom. The maximum Gasteiger partial charge on any atom is 0.275 e. The summed E-state index contributed by atoms with van der Waals surface area (Å²) in [6.45, 7) is 3.86. The zero-order valence-corrected chi connectivity index (χ0v) is 15.2. The molecule has 1 heterocycles. The van der Waals surface area contributed by atoms with E-state index in [9.17, 15) is 13.6 Å². The summed E-state index contributed by atoms with van der Waals surface area (Å²) in [6.07, 6.45) is 2.61. The van der Waals surface area contributed by atoms with Gasteiger partial charge in [0.1, 0.15) is 28.9 Å². The van der Waals surface area contributed by atoms with E-state index in [0.717, 1.165) is 12.1 Å². The van der Waals surface area contributed by atoms with Crippen LogP contribution in [0.1, 0.15) is 24.3 Å². The summed E-state index contributed by atoms with van der Waals surface area (Å²) < 4.78 is 32.1. The van der Waals surface area contributed by atoms with Gasteiger partial charge in [0.25, 0.3) is 5.91 Å². The van der Waals surface area contributed by atoms with Crippen molar-refractivity contribution in [3.63, 3.8) is 0 Å². The molecule has 0 aliphatic carbocycles. The first-order valence-corrected chi connectivity index (χ1v) is 8.53. The van der Waals surface area contributed by atoms with Gasteiger partial charge in [-0.15, -0.1) is 0 Å². The molecule has 0 saturated heterocycles. The van der Waals surface area contributed by atoms with Crippen molar-refractivity contribution in [2.45, 2.75) is 20.0 Å². The summed E-state index contributed by atoms with van der Waals surface area (Å²) in [6, 6.07) is 10.1. The van der Waals surface area contributed by atoms with Gasteiger partial charge in [0, 0.05) is 11.8 Å². The van der Waals surface area contributed by atoms with Crippen molar-refractivity contribution < 1.29 is 18.3 Å². The number of ether oxygens (including phenoxy) is 1. The number of benzene rings is 2. The number of anilines is 3. The Kier molecular flexibility index (Phi) is 5.78. The van der Waals surface area contributed by atoms with Gasteiger partial charge in [-0.05, 0) is 50.2 Å². The first kappa shape index (κ1) is 19.2. The van der Waals surface area contributed by atoms with Crippen LogP contribution in [0.2, 0.25) is 0 Å². The summed E-state index contributed by atoms with van der Waals surface area (Å²) in [5.41, 5.74) is 0.725. The highest BCUT2D eigenvalue weighted by Crippen LogP contribution is 2.20. The minimum atomic E-state index is -0.756. The van der Waals surface area contributed by atoms with E-state index >= 15 is 0 Å². The van der Waals surface area contributed by atoms with E-state index in [0.29, 0.717) is 11.4 Å². The smallest absolute Gasteiger partial charge is 0.275 e. The quantitative estimate of drug-likeness (QED) is 0.653. The zero-order chi connectivity index (χ0) is 20.1. The molecule has 0 unspecified atom stereocenters. The molecule has 0 radical (unpaired) electrons. The van der Waals surface area contributed by atoms with Crippen LogP contribution in [-0.2, 0) is 0 Å². The van der Waals surface area contributed by atoms with Crippen molar-refractivity contribution in [2.24, 2.45) is 0 Å². The molecule has 1 amide bonds. The minimum Gasteiger partial charge on any atom is -0.491 e. The number of aromatic nitrogens is 2. The first-order chi connectivity index (χ1) is 13.4. The lowest BCUT2D eigenvalue weighted by Gasteiger charge is -2.10. The van der Waals surface area contributed by atoms with Gasteiger partial charge < -0.3 is 15.4 Å². The van der Waals surface area contributed by atoms with Crippen molar-refractivity contribution in [1.29, 1.82) is 0 Å². The number of hydrogen-bond donors (Lipinski definition) is 2. The highest BCUT2D eigenvalue weighted by atomic mass is 19.1. The van der Waals surface area contributed by atoms with Gasteiger partial charge in [-0.1, -0.05) is 0 Å². The number of nitrogens with one attached hydrogen (secondary N) is 2. The summed E-state index contributed by atoms with van der Waals surface area (Å²) in [5, 5.41) is 5.38. The van der Waals surface area contributed by atoms with E-state index in [1.165, 1.54) is 18.5 Å². The molecule has 0 aliphatic heterocycles. The number of carbonyl (C=O) groups excluding carboxylic acids is 1. The second-order valence-electron chi connectivity index (χ2n) is 6.18. The highest BCUT2D eigenvalue weighted by Gasteiger charge is 2.10. The summed E-state index contributed by atoms with van der Waals surface area (Å²) in [4.78, 5) is 20.3. The fourth-order valence-electron chi connectivity index (χ4n) is 2.32. The molecular formula is C20H18F2N4O2. The third-order valence-corrected chi connectivity index (χ3v) is 3.56. The lowest BCUT2D eigenvalue weighted by Crippen LogP contribution is -2.14. The van der Waals surface area contributed by atoms with E-state index < -0.39 is 17.5 Å². The standard InChI is InChI=1S/C20H18F2N4O2/c1-12(2)28-15-6-4-14(5-7-15)25-20(27)18-10-24-19(11-23-18)26-17-8-3-13(21)9-16(17)22/h3-12H,1-2H3,(H,24,26)(H,25,27). The van der Waals surface area contributed by atoms with Gasteiger partial charge in [-0.3, -0.25) is 4.79 Å². The Balaban J connectivity index is 1.63. The maximum atomic E-state index is 13.7. The zero-order valence-electron chi connectivity index (χ0n) is 15.2. The average Bonchev–Trinajstić information content (AvgIpc) is 2.66. The summed E-state index contributed by atoms with van der Waals surface area (Å²) in [7, 11) is 0. The van der Waals surface area contributed by atoms with Gasteiger partial charge in [-0.25, -0.2) is 18.7 Å². The Morgan fingerprint density at radius 3 is 2.39 bits per heavy atom. The number of hydrogen-bond acceptors (Lipinski definition) is 5. The minimum absolute atomic E-state index is 0.0524. The third kappa shape index (κ3) is 5.00. The maximum absolute atomic E-state index is 13.7. The van der Waals surface area contributed by atoms with Gasteiger partial charge in [-0.2, -0.15) is 0 Å². The first-order valence-electron chi connectivity index (χ1n) is 8.53. The average molecular weight is 384 g/mol. The number of halogens is 2. The van der Waals surface area contributed by atoms with Crippen LogP contribution < -0.4 is 15.4 Å². The predicted molar refractivity (Wildman–Crippen MR) is 102 cm³/mol. The molecule has 0 bridgehead atoms. The second kappa shape index (κ2) is 8.43. The molecule has 6 nitrogen and oxygen atoms in total. The molecule has 0 spiro atoms. The molecule has 3 aromatic rings. The second-order valence-corrected chi connectivity index (χ2v) is 6.18. The highest BCUT2D eigenvalue weighted by molar-refractivity contribution is 6.02. The molecule has 0 saturated carbocycles. The molecule has 0 atom stereocenters. The molecule has 144 valence electrons. The normalized spacial score (nSPS) is 10.6. The Morgan fingerprint density at radius 2 is 1.79 bits per heavy atom. The topological polar surface area (TPSA) is 76.1 Å². The van der Waals surface area contributed by atoms with Gasteiger partial charge >= 0.3 is 0 Å². The molecular weight excluding hydrogens is 366 g/mol. The van der Waals surface area contributed by atoms with Gasteiger partial charge in [0.15, 0.2) is 0 Å². The van der Waals surface area contributed by atoms with Crippen molar-refractivity contribution in [3.8, 4) is 5.75 Å². The lowest BCUT2D eigenvalue weighted by molar-refractivity contribution is 0.102. The van der Waals surface area contributed by atoms with Crippen LogP contribution >= 0.6 is 0 Å². The Hall–Kier alpha value is -3.55. The van der Waals surface area contributed by atoms with Crippen LogP contribution in [0.3, 0.4) is 0 Å². The number of rotatable bonds is 6. The van der Waals surface area contributed by atoms with Gasteiger partial charge in [0.2, 0.25) is 0 Å². The Bertz CT molecular complexity index is 961.